The van der Waals surface area contributed by atoms with Crippen molar-refractivity contribution in [2.24, 2.45) is 0 Å². The van der Waals surface area contributed by atoms with Crippen LogP contribution in [0.5, 0.6) is 0 Å². The van der Waals surface area contributed by atoms with Gasteiger partial charge in [-0.1, -0.05) is 18.6 Å². The standard InChI is InChI=1S/C20H25N3O5/c1-3-22-13(2)17(19(24)28-14-9-5-4-6-10-14)18(21-20(22)25)15-11-7-8-12-16(15)23(26)27/h7-8,11-12,14,18H,3-6,9-10H2,1-2H3,(H,21,25). The summed E-state index contributed by atoms with van der Waals surface area (Å²) in [7, 11) is 0. The zero-order valence-electron chi connectivity index (χ0n) is 16.1. The third-order valence-corrected chi connectivity index (χ3v) is 5.40. The van der Waals surface area contributed by atoms with Crippen LogP contribution in [0.2, 0.25) is 0 Å². The summed E-state index contributed by atoms with van der Waals surface area (Å²) < 4.78 is 5.74. The summed E-state index contributed by atoms with van der Waals surface area (Å²) in [6.45, 7) is 3.86. The molecule has 2 amide bonds. The molecular formula is C20H25N3O5. The highest BCUT2D eigenvalue weighted by Gasteiger charge is 2.39. The zero-order chi connectivity index (χ0) is 20.3. The van der Waals surface area contributed by atoms with Gasteiger partial charge in [-0.3, -0.25) is 15.0 Å². The van der Waals surface area contributed by atoms with Crippen LogP contribution in [0.3, 0.4) is 0 Å². The van der Waals surface area contributed by atoms with E-state index in [0.717, 1.165) is 32.1 Å². The lowest BCUT2D eigenvalue weighted by Crippen LogP contribution is -2.48. The van der Waals surface area contributed by atoms with Crippen LogP contribution in [0.1, 0.15) is 57.6 Å². The first kappa shape index (κ1) is 19.9. The summed E-state index contributed by atoms with van der Waals surface area (Å²) in [6.07, 6.45) is 4.65. The van der Waals surface area contributed by atoms with Gasteiger partial charge in [-0.15, -0.1) is 0 Å². The molecule has 1 aliphatic carbocycles. The maximum absolute atomic E-state index is 13.1. The third kappa shape index (κ3) is 3.85. The number of hydrogen-bond acceptors (Lipinski definition) is 5. The molecule has 0 spiro atoms. The molecule has 8 nitrogen and oxygen atoms in total. The van der Waals surface area contributed by atoms with E-state index in [1.54, 1.807) is 32.0 Å². The summed E-state index contributed by atoms with van der Waals surface area (Å²) in [6, 6.07) is 4.82. The Balaban J connectivity index is 2.02. The van der Waals surface area contributed by atoms with E-state index in [-0.39, 0.29) is 22.9 Å². The van der Waals surface area contributed by atoms with Crippen LogP contribution in [0.4, 0.5) is 10.5 Å². The highest BCUT2D eigenvalue weighted by Crippen LogP contribution is 2.36. The zero-order valence-corrected chi connectivity index (χ0v) is 16.1. The first-order chi connectivity index (χ1) is 13.4. The molecule has 1 unspecified atom stereocenters. The molecule has 150 valence electrons. The van der Waals surface area contributed by atoms with E-state index in [9.17, 15) is 19.7 Å². The summed E-state index contributed by atoms with van der Waals surface area (Å²) in [4.78, 5) is 38.0. The molecule has 1 saturated carbocycles. The van der Waals surface area contributed by atoms with Gasteiger partial charge in [0.05, 0.1) is 22.1 Å². The lowest BCUT2D eigenvalue weighted by atomic mass is 9.93. The van der Waals surface area contributed by atoms with Crippen molar-refractivity contribution < 1.29 is 19.2 Å². The summed E-state index contributed by atoms with van der Waals surface area (Å²) in [5, 5.41) is 14.2. The smallest absolute Gasteiger partial charge is 0.338 e. The van der Waals surface area contributed by atoms with E-state index in [0.29, 0.717) is 12.2 Å². The van der Waals surface area contributed by atoms with Gasteiger partial charge in [0.25, 0.3) is 5.69 Å². The molecule has 1 N–H and O–H groups in total. The Hall–Kier alpha value is -2.90. The Kier molecular flexibility index (Phi) is 5.96. The number of nitro benzene ring substituents is 1. The molecule has 1 atom stereocenters. The number of esters is 1. The molecule has 0 aromatic heterocycles. The molecule has 8 heteroatoms. The number of nitrogens with zero attached hydrogens (tertiary/aromatic N) is 2. The van der Waals surface area contributed by atoms with Crippen molar-refractivity contribution in [2.45, 2.75) is 58.1 Å². The number of nitrogens with one attached hydrogen (secondary N) is 1. The molecule has 0 saturated heterocycles. The topological polar surface area (TPSA) is 102 Å². The number of hydrogen-bond donors (Lipinski definition) is 1. The van der Waals surface area contributed by atoms with Crippen LogP contribution in [0.25, 0.3) is 0 Å². The second kappa shape index (κ2) is 8.41. The minimum atomic E-state index is -0.923. The number of benzene rings is 1. The van der Waals surface area contributed by atoms with Gasteiger partial charge in [-0.2, -0.15) is 0 Å². The molecule has 1 aliphatic heterocycles. The molecule has 0 radical (unpaired) electrons. The molecule has 0 bridgehead atoms. The number of para-hydroxylation sites is 1. The lowest BCUT2D eigenvalue weighted by Gasteiger charge is -2.35. The van der Waals surface area contributed by atoms with Crippen LogP contribution in [-0.4, -0.2) is 34.5 Å². The van der Waals surface area contributed by atoms with Crippen molar-refractivity contribution in [3.8, 4) is 0 Å². The van der Waals surface area contributed by atoms with Gasteiger partial charge in [-0.25, -0.2) is 9.59 Å². The number of urea groups is 1. The van der Waals surface area contributed by atoms with Gasteiger partial charge in [0.2, 0.25) is 0 Å². The molecule has 1 aromatic rings. The fourth-order valence-electron chi connectivity index (χ4n) is 3.96. The third-order valence-electron chi connectivity index (χ3n) is 5.40. The number of ether oxygens (including phenoxy) is 1. The van der Waals surface area contributed by atoms with Gasteiger partial charge in [0, 0.05) is 18.3 Å². The summed E-state index contributed by atoms with van der Waals surface area (Å²) >= 11 is 0. The van der Waals surface area contributed by atoms with Crippen LogP contribution < -0.4 is 5.32 Å². The normalized spacial score (nSPS) is 20.7. The Labute approximate surface area is 163 Å². The van der Waals surface area contributed by atoms with Gasteiger partial charge in [0.1, 0.15) is 6.10 Å². The molecule has 1 fully saturated rings. The molecule has 1 heterocycles. The monoisotopic (exact) mass is 387 g/mol. The van der Waals surface area contributed by atoms with Gasteiger partial charge >= 0.3 is 12.0 Å². The van der Waals surface area contributed by atoms with E-state index in [4.69, 9.17) is 4.74 Å². The van der Waals surface area contributed by atoms with Crippen molar-refractivity contribution in [3.63, 3.8) is 0 Å². The fourth-order valence-corrected chi connectivity index (χ4v) is 3.96. The number of carbonyl (C=O) groups is 2. The van der Waals surface area contributed by atoms with Crippen molar-refractivity contribution in [2.75, 3.05) is 6.54 Å². The van der Waals surface area contributed by atoms with Crippen molar-refractivity contribution >= 4 is 17.7 Å². The van der Waals surface area contributed by atoms with Crippen molar-refractivity contribution in [1.82, 2.24) is 10.2 Å². The number of nitro groups is 1. The Morgan fingerprint density at radius 2 is 1.96 bits per heavy atom. The van der Waals surface area contributed by atoms with E-state index < -0.39 is 23.0 Å². The van der Waals surface area contributed by atoms with Crippen molar-refractivity contribution in [3.05, 3.63) is 51.2 Å². The SMILES string of the molecule is CCN1C(=O)NC(c2ccccc2[N+](=O)[O-])C(C(=O)OC2CCCCC2)=C1C. The van der Waals surface area contributed by atoms with Crippen LogP contribution in [-0.2, 0) is 9.53 Å². The highest BCUT2D eigenvalue weighted by molar-refractivity contribution is 5.95. The largest absolute Gasteiger partial charge is 0.459 e. The summed E-state index contributed by atoms with van der Waals surface area (Å²) in [5.74, 6) is -0.522. The number of carbonyl (C=O) groups excluding carboxylic acids is 2. The average Bonchev–Trinajstić information content (AvgIpc) is 2.68. The van der Waals surface area contributed by atoms with E-state index >= 15 is 0 Å². The van der Waals surface area contributed by atoms with E-state index in [1.807, 2.05) is 0 Å². The Morgan fingerprint density at radius 1 is 1.29 bits per heavy atom. The molecule has 28 heavy (non-hydrogen) atoms. The van der Waals surface area contributed by atoms with Crippen LogP contribution in [0.15, 0.2) is 35.5 Å². The number of allylic oxidation sites excluding steroid dienone is 1. The molecular weight excluding hydrogens is 362 g/mol. The maximum Gasteiger partial charge on any atom is 0.338 e. The molecule has 3 rings (SSSR count). The Morgan fingerprint density at radius 3 is 2.61 bits per heavy atom. The fraction of sp³-hybridized carbons (Fsp3) is 0.500. The van der Waals surface area contributed by atoms with E-state index in [2.05, 4.69) is 5.32 Å². The van der Waals surface area contributed by atoms with Gasteiger partial charge < -0.3 is 10.1 Å². The Bertz CT molecular complexity index is 814. The van der Waals surface area contributed by atoms with Gasteiger partial charge in [0.15, 0.2) is 0 Å². The first-order valence-corrected chi connectivity index (χ1v) is 9.67. The first-order valence-electron chi connectivity index (χ1n) is 9.67. The highest BCUT2D eigenvalue weighted by atomic mass is 16.6. The molecule has 2 aliphatic rings. The van der Waals surface area contributed by atoms with Crippen LogP contribution in [0, 0.1) is 10.1 Å². The number of rotatable bonds is 5. The van der Waals surface area contributed by atoms with Crippen LogP contribution >= 0.6 is 0 Å². The number of amides is 2. The predicted octanol–water partition coefficient (Wildman–Crippen LogP) is 3.83. The molecule has 1 aromatic carbocycles. The van der Waals surface area contributed by atoms with E-state index in [1.165, 1.54) is 11.0 Å². The van der Waals surface area contributed by atoms with Crippen molar-refractivity contribution in [1.29, 1.82) is 0 Å². The lowest BCUT2D eigenvalue weighted by molar-refractivity contribution is -0.385. The average molecular weight is 387 g/mol. The predicted molar refractivity (Wildman–Crippen MR) is 102 cm³/mol. The quantitative estimate of drug-likeness (QED) is 0.470. The minimum Gasteiger partial charge on any atom is -0.459 e. The second-order valence-corrected chi connectivity index (χ2v) is 7.11. The minimum absolute atomic E-state index is 0.145. The maximum atomic E-state index is 13.1. The van der Waals surface area contributed by atoms with Gasteiger partial charge in [-0.05, 0) is 45.6 Å². The summed E-state index contributed by atoms with van der Waals surface area (Å²) in [5.41, 5.74) is 0.844. The second-order valence-electron chi connectivity index (χ2n) is 7.11.